The van der Waals surface area contributed by atoms with Gasteiger partial charge in [0.05, 0.1) is 25.4 Å². The average Bonchev–Trinajstić information content (AvgIpc) is 3.29. The average molecular weight is 907 g/mol. The van der Waals surface area contributed by atoms with Gasteiger partial charge in [0.2, 0.25) is 5.91 Å². The van der Waals surface area contributed by atoms with Crippen LogP contribution in [0.15, 0.2) is 0 Å². The van der Waals surface area contributed by atoms with Gasteiger partial charge in [-0.05, 0) is 25.7 Å². The number of ether oxygens (including phenoxy) is 1. The van der Waals surface area contributed by atoms with Crippen molar-refractivity contribution in [2.75, 3.05) is 13.2 Å². The maximum Gasteiger partial charge on any atom is 0.305 e. The Labute approximate surface area is 400 Å². The van der Waals surface area contributed by atoms with Crippen LogP contribution in [-0.2, 0) is 14.3 Å². The third-order valence-electron chi connectivity index (χ3n) is 13.9. The van der Waals surface area contributed by atoms with Crippen LogP contribution in [0, 0.1) is 0 Å². The molecule has 0 heterocycles. The molecule has 6 heteroatoms. The first-order valence-corrected chi connectivity index (χ1v) is 29.3. The van der Waals surface area contributed by atoms with Crippen molar-refractivity contribution in [1.29, 1.82) is 0 Å². The fourth-order valence-corrected chi connectivity index (χ4v) is 9.41. The summed E-state index contributed by atoms with van der Waals surface area (Å²) >= 11 is 0. The lowest BCUT2D eigenvalue weighted by molar-refractivity contribution is -0.143. The fraction of sp³-hybridized carbons (Fsp3) is 0.966. The van der Waals surface area contributed by atoms with E-state index < -0.39 is 12.1 Å². The van der Waals surface area contributed by atoms with Crippen LogP contribution in [-0.4, -0.2) is 47.4 Å². The molecule has 0 aromatic rings. The second-order valence-electron chi connectivity index (χ2n) is 20.3. The molecule has 0 saturated heterocycles. The molecular formula is C58H115NO5. The van der Waals surface area contributed by atoms with Gasteiger partial charge in [-0.1, -0.05) is 296 Å². The minimum absolute atomic E-state index is 0.00124. The van der Waals surface area contributed by atoms with E-state index in [1.54, 1.807) is 0 Å². The first kappa shape index (κ1) is 62.9. The van der Waals surface area contributed by atoms with Crippen molar-refractivity contribution in [3.63, 3.8) is 0 Å². The number of amides is 1. The topological polar surface area (TPSA) is 95.9 Å². The number of esters is 1. The van der Waals surface area contributed by atoms with E-state index in [4.69, 9.17) is 4.74 Å². The summed E-state index contributed by atoms with van der Waals surface area (Å²) in [5.74, 6) is -0.0449. The van der Waals surface area contributed by atoms with E-state index in [1.807, 2.05) is 0 Å². The van der Waals surface area contributed by atoms with Gasteiger partial charge in [0.25, 0.3) is 0 Å². The number of aliphatic hydroxyl groups excluding tert-OH is 2. The molecule has 2 atom stereocenters. The Kier molecular flexibility index (Phi) is 53.5. The highest BCUT2D eigenvalue weighted by Gasteiger charge is 2.20. The van der Waals surface area contributed by atoms with Crippen LogP contribution in [0.5, 0.6) is 0 Å². The molecule has 0 fully saturated rings. The summed E-state index contributed by atoms with van der Waals surface area (Å²) < 4.78 is 5.48. The van der Waals surface area contributed by atoms with Gasteiger partial charge in [-0.25, -0.2) is 0 Å². The molecule has 3 N–H and O–H groups in total. The zero-order chi connectivity index (χ0) is 46.5. The van der Waals surface area contributed by atoms with Gasteiger partial charge < -0.3 is 20.3 Å². The van der Waals surface area contributed by atoms with Crippen molar-refractivity contribution in [3.8, 4) is 0 Å². The largest absolute Gasteiger partial charge is 0.466 e. The number of unbranched alkanes of at least 4 members (excludes halogenated alkanes) is 44. The highest BCUT2D eigenvalue weighted by Crippen LogP contribution is 2.18. The summed E-state index contributed by atoms with van der Waals surface area (Å²) in [5, 5.41) is 23.3. The van der Waals surface area contributed by atoms with Crippen LogP contribution in [0.1, 0.15) is 335 Å². The van der Waals surface area contributed by atoms with Gasteiger partial charge in [0.1, 0.15) is 0 Å². The molecule has 0 aromatic carbocycles. The zero-order valence-electron chi connectivity index (χ0n) is 43.5. The van der Waals surface area contributed by atoms with E-state index in [1.165, 1.54) is 250 Å². The molecule has 0 radical (unpaired) electrons. The first-order chi connectivity index (χ1) is 31.5. The third-order valence-corrected chi connectivity index (χ3v) is 13.9. The Morgan fingerprint density at radius 2 is 0.641 bits per heavy atom. The van der Waals surface area contributed by atoms with Crippen molar-refractivity contribution in [1.82, 2.24) is 5.32 Å². The Bertz CT molecular complexity index is 913. The monoisotopic (exact) mass is 906 g/mol. The summed E-state index contributed by atoms with van der Waals surface area (Å²) in [6, 6.07) is -0.550. The number of rotatable bonds is 55. The Morgan fingerprint density at radius 1 is 0.375 bits per heavy atom. The molecule has 0 aliphatic heterocycles. The van der Waals surface area contributed by atoms with E-state index in [9.17, 15) is 19.8 Å². The SMILES string of the molecule is CCCCCCCCCCCCCCCCCCCCCC(O)C(CO)NC(=O)CCCCCCCCCCCCCCCOC(=O)CCCCCCCCCCCCCCCCC. The minimum Gasteiger partial charge on any atom is -0.466 e. The smallest absolute Gasteiger partial charge is 0.305 e. The molecule has 0 bridgehead atoms. The summed E-state index contributed by atoms with van der Waals surface area (Å²) in [7, 11) is 0. The van der Waals surface area contributed by atoms with Gasteiger partial charge >= 0.3 is 5.97 Å². The van der Waals surface area contributed by atoms with E-state index >= 15 is 0 Å². The Hall–Kier alpha value is -1.14. The molecule has 0 spiro atoms. The molecule has 6 nitrogen and oxygen atoms in total. The lowest BCUT2D eigenvalue weighted by Gasteiger charge is -2.22. The molecule has 382 valence electrons. The number of carbonyl (C=O) groups excluding carboxylic acids is 2. The molecule has 0 saturated carbocycles. The molecule has 0 aromatic heterocycles. The van der Waals surface area contributed by atoms with Crippen LogP contribution in [0.3, 0.4) is 0 Å². The number of carbonyl (C=O) groups is 2. The lowest BCUT2D eigenvalue weighted by Crippen LogP contribution is -2.45. The normalized spacial score (nSPS) is 12.5. The van der Waals surface area contributed by atoms with Gasteiger partial charge in [-0.3, -0.25) is 9.59 Å². The van der Waals surface area contributed by atoms with Gasteiger partial charge in [-0.2, -0.15) is 0 Å². The van der Waals surface area contributed by atoms with E-state index in [-0.39, 0.29) is 18.5 Å². The second-order valence-corrected chi connectivity index (χ2v) is 20.3. The van der Waals surface area contributed by atoms with Crippen molar-refractivity contribution < 1.29 is 24.5 Å². The maximum atomic E-state index is 12.5. The highest BCUT2D eigenvalue weighted by molar-refractivity contribution is 5.76. The number of nitrogens with one attached hydrogen (secondary N) is 1. The van der Waals surface area contributed by atoms with Crippen LogP contribution < -0.4 is 5.32 Å². The highest BCUT2D eigenvalue weighted by atomic mass is 16.5. The van der Waals surface area contributed by atoms with E-state index in [0.717, 1.165) is 51.4 Å². The summed E-state index contributed by atoms with van der Waals surface area (Å²) in [4.78, 5) is 24.6. The predicted molar refractivity (Wildman–Crippen MR) is 278 cm³/mol. The molecule has 2 unspecified atom stereocenters. The van der Waals surface area contributed by atoms with Crippen LogP contribution in [0.2, 0.25) is 0 Å². The van der Waals surface area contributed by atoms with Crippen LogP contribution >= 0.6 is 0 Å². The molecule has 0 aliphatic carbocycles. The van der Waals surface area contributed by atoms with Gasteiger partial charge in [-0.15, -0.1) is 0 Å². The number of hydrogen-bond donors (Lipinski definition) is 3. The van der Waals surface area contributed by atoms with E-state index in [0.29, 0.717) is 25.9 Å². The van der Waals surface area contributed by atoms with E-state index in [2.05, 4.69) is 19.2 Å². The molecular weight excluding hydrogens is 791 g/mol. The van der Waals surface area contributed by atoms with Crippen molar-refractivity contribution in [2.45, 2.75) is 347 Å². The van der Waals surface area contributed by atoms with Crippen LogP contribution in [0.25, 0.3) is 0 Å². The third kappa shape index (κ3) is 50.3. The fourth-order valence-electron chi connectivity index (χ4n) is 9.41. The van der Waals surface area contributed by atoms with Gasteiger partial charge in [0.15, 0.2) is 0 Å². The number of aliphatic hydroxyl groups is 2. The summed E-state index contributed by atoms with van der Waals surface area (Å²) in [5.41, 5.74) is 0. The summed E-state index contributed by atoms with van der Waals surface area (Å²) in [6.07, 6.45) is 62.3. The van der Waals surface area contributed by atoms with Gasteiger partial charge in [0, 0.05) is 12.8 Å². The molecule has 0 aliphatic rings. The molecule has 64 heavy (non-hydrogen) atoms. The quantitative estimate of drug-likeness (QED) is 0.0417. The molecule has 1 amide bonds. The zero-order valence-corrected chi connectivity index (χ0v) is 43.5. The lowest BCUT2D eigenvalue weighted by atomic mass is 10.0. The second kappa shape index (κ2) is 54.5. The van der Waals surface area contributed by atoms with Crippen LogP contribution in [0.4, 0.5) is 0 Å². The summed E-state index contributed by atoms with van der Waals surface area (Å²) in [6.45, 7) is 4.96. The first-order valence-electron chi connectivity index (χ1n) is 29.3. The van der Waals surface area contributed by atoms with Crippen molar-refractivity contribution in [3.05, 3.63) is 0 Å². The standard InChI is InChI=1S/C58H115NO5/c1-3-5-7-9-11-13-15-17-19-20-21-22-24-26-30-34-38-42-46-50-56(61)55(54-60)59-57(62)51-47-43-39-35-31-27-25-29-33-37-41-45-49-53-64-58(63)52-48-44-40-36-32-28-23-18-16-14-12-10-8-6-4-2/h55-56,60-61H,3-54H2,1-2H3,(H,59,62). The predicted octanol–water partition coefficient (Wildman–Crippen LogP) is 17.9. The Balaban J connectivity index is 3.43. The molecule has 0 rings (SSSR count). The minimum atomic E-state index is -0.672. The van der Waals surface area contributed by atoms with Crippen molar-refractivity contribution >= 4 is 11.9 Å². The maximum absolute atomic E-state index is 12.5. The van der Waals surface area contributed by atoms with Crippen molar-refractivity contribution in [2.24, 2.45) is 0 Å². The Morgan fingerprint density at radius 3 is 0.953 bits per heavy atom. The number of hydrogen-bond acceptors (Lipinski definition) is 5.